The van der Waals surface area contributed by atoms with Gasteiger partial charge in [-0.15, -0.1) is 0 Å². The van der Waals surface area contributed by atoms with Gasteiger partial charge in [0.1, 0.15) is 0 Å². The summed E-state index contributed by atoms with van der Waals surface area (Å²) in [6, 6.07) is 10.8. The van der Waals surface area contributed by atoms with Crippen molar-refractivity contribution in [3.8, 4) is 11.5 Å². The quantitative estimate of drug-likeness (QED) is 0.600. The molecule has 1 saturated heterocycles. The van der Waals surface area contributed by atoms with Crippen LogP contribution in [0, 0.1) is 0 Å². The highest BCUT2D eigenvalue weighted by Crippen LogP contribution is 2.37. The number of ether oxygens (including phenoxy) is 2. The highest BCUT2D eigenvalue weighted by molar-refractivity contribution is 5.79. The molecule has 4 nitrogen and oxygen atoms in total. The number of halogens is 3. The normalized spacial score (nSPS) is 19.8. The molecule has 1 aliphatic carbocycles. The molecular weight excluding hydrogens is 407 g/mol. The summed E-state index contributed by atoms with van der Waals surface area (Å²) in [6.45, 7) is 0.824. The van der Waals surface area contributed by atoms with Crippen LogP contribution in [0.3, 0.4) is 0 Å². The average Bonchev–Trinajstić information content (AvgIpc) is 3.38. The van der Waals surface area contributed by atoms with E-state index in [-0.39, 0.29) is 17.9 Å². The lowest BCUT2D eigenvalue weighted by atomic mass is 9.98. The van der Waals surface area contributed by atoms with Crippen molar-refractivity contribution in [2.24, 2.45) is 0 Å². The second-order valence-electron chi connectivity index (χ2n) is 8.30. The van der Waals surface area contributed by atoms with Crippen LogP contribution in [0.4, 0.5) is 13.2 Å². The molecule has 4 rings (SSSR count). The van der Waals surface area contributed by atoms with E-state index >= 15 is 0 Å². The molecule has 2 fully saturated rings. The number of alkyl halides is 3. The molecule has 166 valence electrons. The first-order valence-corrected chi connectivity index (χ1v) is 10.6. The van der Waals surface area contributed by atoms with E-state index in [1.165, 1.54) is 25.0 Å². The molecule has 1 aliphatic heterocycles. The number of methoxy groups -OCH3 is 1. The van der Waals surface area contributed by atoms with Gasteiger partial charge in [-0.05, 0) is 61.1 Å². The second kappa shape index (κ2) is 8.81. The number of benzene rings is 2. The van der Waals surface area contributed by atoms with Crippen LogP contribution >= 0.6 is 0 Å². The largest absolute Gasteiger partial charge is 0.493 e. The molecular formula is C24H26F3NO3. The third-order valence-corrected chi connectivity index (χ3v) is 6.12. The SMILES string of the molecule is COc1ccc(C2CC(=O)N(Cc3ccc(C(F)(F)F)cc3)C2)cc1OC1CCCC1. The third-order valence-electron chi connectivity index (χ3n) is 6.12. The average molecular weight is 433 g/mol. The monoisotopic (exact) mass is 433 g/mol. The smallest absolute Gasteiger partial charge is 0.416 e. The minimum absolute atomic E-state index is 0.000947. The lowest BCUT2D eigenvalue weighted by Gasteiger charge is -2.19. The summed E-state index contributed by atoms with van der Waals surface area (Å²) in [5, 5.41) is 0. The Labute approximate surface area is 180 Å². The summed E-state index contributed by atoms with van der Waals surface area (Å²) in [4.78, 5) is 14.3. The molecule has 2 aromatic rings. The molecule has 0 aromatic heterocycles. The Morgan fingerprint density at radius 2 is 1.74 bits per heavy atom. The number of likely N-dealkylation sites (tertiary alicyclic amines) is 1. The zero-order chi connectivity index (χ0) is 22.0. The fraction of sp³-hybridized carbons (Fsp3) is 0.458. The first-order chi connectivity index (χ1) is 14.8. The molecule has 0 bridgehead atoms. The van der Waals surface area contributed by atoms with Gasteiger partial charge in [-0.1, -0.05) is 18.2 Å². The molecule has 1 heterocycles. The van der Waals surface area contributed by atoms with Gasteiger partial charge in [-0.2, -0.15) is 13.2 Å². The summed E-state index contributed by atoms with van der Waals surface area (Å²) in [5.41, 5.74) is 1.01. The molecule has 1 atom stereocenters. The van der Waals surface area contributed by atoms with Gasteiger partial charge in [0, 0.05) is 25.4 Å². The standard InChI is InChI=1S/C24H26F3NO3/c1-30-21-11-8-17(12-22(21)31-20-4-2-3-5-20)18-13-23(29)28(15-18)14-16-6-9-19(10-7-16)24(25,26)27/h6-12,18,20H,2-5,13-15H2,1H3. The van der Waals surface area contributed by atoms with Crippen molar-refractivity contribution < 1.29 is 27.4 Å². The fourth-order valence-electron chi connectivity index (χ4n) is 4.39. The molecule has 31 heavy (non-hydrogen) atoms. The van der Waals surface area contributed by atoms with Crippen molar-refractivity contribution in [1.29, 1.82) is 0 Å². The summed E-state index contributed by atoms with van der Waals surface area (Å²) >= 11 is 0. The van der Waals surface area contributed by atoms with Crippen molar-refractivity contribution in [3.05, 3.63) is 59.2 Å². The molecule has 0 spiro atoms. The minimum atomic E-state index is -4.36. The third kappa shape index (κ3) is 4.97. The van der Waals surface area contributed by atoms with E-state index in [0.717, 1.165) is 30.5 Å². The van der Waals surface area contributed by atoms with Crippen LogP contribution in [0.1, 0.15) is 54.7 Å². The maximum atomic E-state index is 12.8. The molecule has 0 radical (unpaired) electrons. The second-order valence-corrected chi connectivity index (χ2v) is 8.30. The number of rotatable bonds is 6. The number of hydrogen-bond acceptors (Lipinski definition) is 3. The van der Waals surface area contributed by atoms with E-state index < -0.39 is 11.7 Å². The molecule has 1 unspecified atom stereocenters. The van der Waals surface area contributed by atoms with Crippen LogP contribution < -0.4 is 9.47 Å². The summed E-state index contributed by atoms with van der Waals surface area (Å²) in [5.74, 6) is 1.40. The highest BCUT2D eigenvalue weighted by atomic mass is 19.4. The van der Waals surface area contributed by atoms with Crippen LogP contribution in [0.2, 0.25) is 0 Å². The van der Waals surface area contributed by atoms with Gasteiger partial charge in [0.15, 0.2) is 11.5 Å². The first-order valence-electron chi connectivity index (χ1n) is 10.6. The van der Waals surface area contributed by atoms with Gasteiger partial charge < -0.3 is 14.4 Å². The van der Waals surface area contributed by atoms with E-state index in [1.54, 1.807) is 12.0 Å². The van der Waals surface area contributed by atoms with Crippen molar-refractivity contribution in [2.75, 3.05) is 13.7 Å². The van der Waals surface area contributed by atoms with Crippen LogP contribution in [-0.4, -0.2) is 30.6 Å². The van der Waals surface area contributed by atoms with Gasteiger partial charge in [0.2, 0.25) is 5.91 Å². The number of hydrogen-bond donors (Lipinski definition) is 0. The lowest BCUT2D eigenvalue weighted by molar-refractivity contribution is -0.137. The maximum Gasteiger partial charge on any atom is 0.416 e. The fourth-order valence-corrected chi connectivity index (χ4v) is 4.39. The number of amides is 1. The summed E-state index contributed by atoms with van der Waals surface area (Å²) in [7, 11) is 1.61. The van der Waals surface area contributed by atoms with Crippen LogP contribution in [-0.2, 0) is 17.5 Å². The predicted molar refractivity (Wildman–Crippen MR) is 110 cm³/mol. The van der Waals surface area contributed by atoms with Crippen molar-refractivity contribution in [1.82, 2.24) is 4.90 Å². The van der Waals surface area contributed by atoms with Gasteiger partial charge in [0.25, 0.3) is 0 Å². The van der Waals surface area contributed by atoms with Crippen LogP contribution in [0.15, 0.2) is 42.5 Å². The van der Waals surface area contributed by atoms with E-state index in [1.807, 2.05) is 18.2 Å². The molecule has 2 aliphatic rings. The summed E-state index contributed by atoms with van der Waals surface area (Å²) < 4.78 is 49.9. The Bertz CT molecular complexity index is 921. The van der Waals surface area contributed by atoms with Crippen molar-refractivity contribution in [2.45, 2.75) is 56.8 Å². The number of nitrogens with zero attached hydrogens (tertiary/aromatic N) is 1. The minimum Gasteiger partial charge on any atom is -0.493 e. The first kappa shape index (κ1) is 21.5. The lowest BCUT2D eigenvalue weighted by Crippen LogP contribution is -2.24. The van der Waals surface area contributed by atoms with E-state index in [0.29, 0.717) is 36.6 Å². The van der Waals surface area contributed by atoms with Crippen LogP contribution in [0.5, 0.6) is 11.5 Å². The number of carbonyl (C=O) groups excluding carboxylic acids is 1. The Hall–Kier alpha value is -2.70. The Balaban J connectivity index is 1.45. The van der Waals surface area contributed by atoms with Gasteiger partial charge >= 0.3 is 6.18 Å². The van der Waals surface area contributed by atoms with Gasteiger partial charge in [-0.25, -0.2) is 0 Å². The zero-order valence-corrected chi connectivity index (χ0v) is 17.5. The highest BCUT2D eigenvalue weighted by Gasteiger charge is 2.32. The Morgan fingerprint density at radius 1 is 1.03 bits per heavy atom. The Morgan fingerprint density at radius 3 is 2.39 bits per heavy atom. The van der Waals surface area contributed by atoms with Crippen molar-refractivity contribution >= 4 is 5.91 Å². The molecule has 1 amide bonds. The van der Waals surface area contributed by atoms with Crippen molar-refractivity contribution in [3.63, 3.8) is 0 Å². The van der Waals surface area contributed by atoms with Gasteiger partial charge in [0.05, 0.1) is 18.8 Å². The summed E-state index contributed by atoms with van der Waals surface area (Å²) in [6.07, 6.45) is 0.624. The number of carbonyl (C=O) groups is 1. The molecule has 7 heteroatoms. The zero-order valence-electron chi connectivity index (χ0n) is 17.5. The van der Waals surface area contributed by atoms with Gasteiger partial charge in [-0.3, -0.25) is 4.79 Å². The molecule has 2 aromatic carbocycles. The molecule has 0 N–H and O–H groups in total. The van der Waals surface area contributed by atoms with E-state index in [2.05, 4.69) is 0 Å². The van der Waals surface area contributed by atoms with Crippen LogP contribution in [0.25, 0.3) is 0 Å². The predicted octanol–water partition coefficient (Wildman–Crippen LogP) is 5.55. The van der Waals surface area contributed by atoms with E-state index in [9.17, 15) is 18.0 Å². The topological polar surface area (TPSA) is 38.8 Å². The molecule has 1 saturated carbocycles. The Kier molecular flexibility index (Phi) is 6.12. The maximum absolute atomic E-state index is 12.8. The van der Waals surface area contributed by atoms with E-state index in [4.69, 9.17) is 9.47 Å².